The summed E-state index contributed by atoms with van der Waals surface area (Å²) >= 11 is 6.89. The monoisotopic (exact) mass is 425 g/mol. The number of amides is 1. The molecule has 1 aromatic heterocycles. The molecular formula is C11H6BrFINOS. The molecule has 0 radical (unpaired) electrons. The summed E-state index contributed by atoms with van der Waals surface area (Å²) < 4.78 is 14.7. The number of carbonyl (C=O) groups is 1. The van der Waals surface area contributed by atoms with Crippen molar-refractivity contribution in [1.29, 1.82) is 0 Å². The van der Waals surface area contributed by atoms with Gasteiger partial charge in [-0.05, 0) is 62.8 Å². The van der Waals surface area contributed by atoms with Crippen LogP contribution >= 0.6 is 49.9 Å². The minimum atomic E-state index is -0.386. The molecule has 2 rings (SSSR count). The zero-order chi connectivity index (χ0) is 12.4. The number of halogens is 3. The highest BCUT2D eigenvalue weighted by Gasteiger charge is 2.10. The van der Waals surface area contributed by atoms with Crippen LogP contribution < -0.4 is 5.32 Å². The van der Waals surface area contributed by atoms with Gasteiger partial charge in [0.15, 0.2) is 0 Å². The molecule has 17 heavy (non-hydrogen) atoms. The smallest absolute Gasteiger partial charge is 0.256 e. The van der Waals surface area contributed by atoms with Crippen molar-refractivity contribution in [3.05, 3.63) is 48.4 Å². The van der Waals surface area contributed by atoms with Crippen LogP contribution in [-0.2, 0) is 0 Å². The summed E-state index contributed by atoms with van der Waals surface area (Å²) in [6, 6.07) is 5.95. The minimum Gasteiger partial charge on any atom is -0.321 e. The lowest BCUT2D eigenvalue weighted by molar-refractivity contribution is 0.102. The van der Waals surface area contributed by atoms with Gasteiger partial charge < -0.3 is 5.32 Å². The zero-order valence-corrected chi connectivity index (χ0v) is 12.9. The third-order valence-corrected chi connectivity index (χ3v) is 4.49. The third-order valence-electron chi connectivity index (χ3n) is 2.01. The molecule has 0 spiro atoms. The van der Waals surface area contributed by atoms with E-state index >= 15 is 0 Å². The Morgan fingerprint density at radius 1 is 1.41 bits per heavy atom. The summed E-state index contributed by atoms with van der Waals surface area (Å²) in [7, 11) is 0. The number of benzene rings is 1. The summed E-state index contributed by atoms with van der Waals surface area (Å²) in [6.45, 7) is 0. The lowest BCUT2D eigenvalue weighted by Crippen LogP contribution is -2.11. The third kappa shape index (κ3) is 3.26. The molecule has 0 unspecified atom stereocenters. The fourth-order valence-electron chi connectivity index (χ4n) is 1.22. The number of anilines is 1. The molecule has 0 bridgehead atoms. The Kier molecular flexibility index (Phi) is 4.16. The highest BCUT2D eigenvalue weighted by Crippen LogP contribution is 2.24. The Hall–Kier alpha value is -0.470. The Morgan fingerprint density at radius 3 is 2.82 bits per heavy atom. The summed E-state index contributed by atoms with van der Waals surface area (Å²) in [4.78, 5) is 11.8. The molecule has 1 aromatic carbocycles. The van der Waals surface area contributed by atoms with E-state index in [4.69, 9.17) is 0 Å². The molecule has 0 saturated heterocycles. The predicted molar refractivity (Wildman–Crippen MR) is 79.1 cm³/mol. The van der Waals surface area contributed by atoms with Crippen molar-refractivity contribution in [3.63, 3.8) is 0 Å². The van der Waals surface area contributed by atoms with Gasteiger partial charge in [0.2, 0.25) is 0 Å². The summed E-state index contributed by atoms with van der Waals surface area (Å²) in [5, 5.41) is 4.43. The van der Waals surface area contributed by atoms with Gasteiger partial charge in [0.1, 0.15) is 5.82 Å². The van der Waals surface area contributed by atoms with Crippen LogP contribution in [0.15, 0.2) is 34.1 Å². The number of hydrogen-bond acceptors (Lipinski definition) is 2. The lowest BCUT2D eigenvalue weighted by atomic mass is 10.2. The van der Waals surface area contributed by atoms with Gasteiger partial charge in [-0.3, -0.25) is 4.79 Å². The lowest BCUT2D eigenvalue weighted by Gasteiger charge is -2.06. The predicted octanol–water partition coefficient (Wildman–Crippen LogP) is 4.51. The van der Waals surface area contributed by atoms with Crippen molar-refractivity contribution in [2.45, 2.75) is 0 Å². The summed E-state index contributed by atoms with van der Waals surface area (Å²) in [5.41, 5.74) is 1.01. The van der Waals surface area contributed by atoms with E-state index in [0.717, 1.165) is 2.88 Å². The number of thiophene rings is 1. The fourth-order valence-corrected chi connectivity index (χ4v) is 2.89. The molecule has 0 fully saturated rings. The van der Waals surface area contributed by atoms with Crippen molar-refractivity contribution in [2.24, 2.45) is 0 Å². The Labute approximate surface area is 124 Å². The first-order valence-electron chi connectivity index (χ1n) is 4.56. The minimum absolute atomic E-state index is 0.240. The highest BCUT2D eigenvalue weighted by molar-refractivity contribution is 14.1. The molecule has 6 heteroatoms. The van der Waals surface area contributed by atoms with Crippen LogP contribution in [0.5, 0.6) is 0 Å². The molecule has 2 aromatic rings. The van der Waals surface area contributed by atoms with Crippen LogP contribution in [-0.4, -0.2) is 5.91 Å². The first-order valence-corrected chi connectivity index (χ1v) is 7.32. The Bertz CT molecular complexity index is 572. The van der Waals surface area contributed by atoms with Crippen LogP contribution in [0.25, 0.3) is 0 Å². The van der Waals surface area contributed by atoms with Crippen molar-refractivity contribution in [1.82, 2.24) is 0 Å². The molecule has 0 atom stereocenters. The number of nitrogens with one attached hydrogen (secondary N) is 1. The quantitative estimate of drug-likeness (QED) is 0.705. The SMILES string of the molecule is O=C(Nc1cc(F)ccc1Br)c1csc(I)c1. The zero-order valence-electron chi connectivity index (χ0n) is 8.34. The van der Waals surface area contributed by atoms with Crippen molar-refractivity contribution in [2.75, 3.05) is 5.32 Å². The van der Waals surface area contributed by atoms with Crippen molar-refractivity contribution < 1.29 is 9.18 Å². The van der Waals surface area contributed by atoms with Gasteiger partial charge in [-0.15, -0.1) is 11.3 Å². The van der Waals surface area contributed by atoms with Gasteiger partial charge in [-0.25, -0.2) is 4.39 Å². The largest absolute Gasteiger partial charge is 0.321 e. The van der Waals surface area contributed by atoms with Crippen molar-refractivity contribution >= 4 is 61.5 Å². The average Bonchev–Trinajstić information content (AvgIpc) is 2.70. The van der Waals surface area contributed by atoms with Gasteiger partial charge in [0.05, 0.1) is 14.1 Å². The second kappa shape index (κ2) is 5.45. The topological polar surface area (TPSA) is 29.1 Å². The molecule has 1 N–H and O–H groups in total. The second-order valence-corrected chi connectivity index (χ2v) is 6.88. The second-order valence-electron chi connectivity index (χ2n) is 3.22. The van der Waals surface area contributed by atoms with E-state index in [1.807, 2.05) is 0 Å². The van der Waals surface area contributed by atoms with Gasteiger partial charge in [0, 0.05) is 9.85 Å². The van der Waals surface area contributed by atoms with Gasteiger partial charge >= 0.3 is 0 Å². The average molecular weight is 426 g/mol. The number of rotatable bonds is 2. The maximum atomic E-state index is 13.0. The van der Waals surface area contributed by atoms with Gasteiger partial charge in [0.25, 0.3) is 5.91 Å². The molecule has 0 aliphatic heterocycles. The fraction of sp³-hybridized carbons (Fsp3) is 0. The van der Waals surface area contributed by atoms with E-state index in [9.17, 15) is 9.18 Å². The van der Waals surface area contributed by atoms with E-state index in [-0.39, 0.29) is 11.7 Å². The molecule has 0 aliphatic rings. The molecular weight excluding hydrogens is 420 g/mol. The highest BCUT2D eigenvalue weighted by atomic mass is 127. The number of hydrogen-bond donors (Lipinski definition) is 1. The maximum Gasteiger partial charge on any atom is 0.256 e. The molecule has 1 heterocycles. The normalized spacial score (nSPS) is 10.3. The van der Waals surface area contributed by atoms with Crippen molar-refractivity contribution in [3.8, 4) is 0 Å². The van der Waals surface area contributed by atoms with Crippen LogP contribution in [0.3, 0.4) is 0 Å². The van der Waals surface area contributed by atoms with Crippen LogP contribution in [0.4, 0.5) is 10.1 Å². The van der Waals surface area contributed by atoms with Gasteiger partial charge in [-0.1, -0.05) is 0 Å². The van der Waals surface area contributed by atoms with Crippen LogP contribution in [0.2, 0.25) is 0 Å². The standard InChI is InChI=1S/C11H6BrFINOS/c12-8-2-1-7(13)4-9(8)15-11(16)6-3-10(14)17-5-6/h1-5H,(H,15,16). The molecule has 2 nitrogen and oxygen atoms in total. The van der Waals surface area contributed by atoms with Crippen LogP contribution in [0, 0.1) is 8.70 Å². The summed E-state index contributed by atoms with van der Waals surface area (Å²) in [5.74, 6) is -0.626. The molecule has 0 aliphatic carbocycles. The van der Waals surface area contributed by atoms with Crippen LogP contribution in [0.1, 0.15) is 10.4 Å². The Balaban J connectivity index is 2.21. The van der Waals surface area contributed by atoms with E-state index in [1.165, 1.54) is 23.5 Å². The first-order chi connectivity index (χ1) is 8.06. The first kappa shape index (κ1) is 13.0. The van der Waals surface area contributed by atoms with E-state index in [1.54, 1.807) is 17.5 Å². The Morgan fingerprint density at radius 2 is 2.18 bits per heavy atom. The molecule has 0 saturated carbocycles. The van der Waals surface area contributed by atoms with Gasteiger partial charge in [-0.2, -0.15) is 0 Å². The maximum absolute atomic E-state index is 13.0. The van der Waals surface area contributed by atoms with E-state index < -0.39 is 0 Å². The van der Waals surface area contributed by atoms with E-state index in [0.29, 0.717) is 15.7 Å². The summed E-state index contributed by atoms with van der Waals surface area (Å²) in [6.07, 6.45) is 0. The van der Waals surface area contributed by atoms with E-state index in [2.05, 4.69) is 43.8 Å². The number of carbonyl (C=O) groups excluding carboxylic acids is 1. The molecule has 88 valence electrons. The molecule has 1 amide bonds.